The molecular formula is C35H31BrN2O4. The Kier molecular flexibility index (Phi) is 7.45. The fourth-order valence-electron chi connectivity index (χ4n) is 6.33. The number of carbonyl (C=O) groups is 3. The van der Waals surface area contributed by atoms with Crippen molar-refractivity contribution >= 4 is 39.3 Å². The van der Waals surface area contributed by atoms with E-state index in [0.29, 0.717) is 18.7 Å². The van der Waals surface area contributed by atoms with Crippen LogP contribution in [0.3, 0.4) is 0 Å². The summed E-state index contributed by atoms with van der Waals surface area (Å²) in [6.45, 7) is 2.52. The second-order valence-corrected chi connectivity index (χ2v) is 12.0. The highest BCUT2D eigenvalue weighted by atomic mass is 79.9. The van der Waals surface area contributed by atoms with Crippen LogP contribution in [0, 0.1) is 12.8 Å². The van der Waals surface area contributed by atoms with Gasteiger partial charge in [-0.25, -0.2) is 0 Å². The van der Waals surface area contributed by atoms with Crippen LogP contribution in [-0.2, 0) is 39.3 Å². The summed E-state index contributed by atoms with van der Waals surface area (Å²) in [5, 5.41) is 0. The van der Waals surface area contributed by atoms with Crippen LogP contribution in [0.2, 0.25) is 0 Å². The summed E-state index contributed by atoms with van der Waals surface area (Å²) < 4.78 is 6.19. The van der Waals surface area contributed by atoms with E-state index in [2.05, 4.69) is 15.9 Å². The molecule has 4 aromatic rings. The highest BCUT2D eigenvalue weighted by Crippen LogP contribution is 2.52. The zero-order valence-corrected chi connectivity index (χ0v) is 25.1. The molecule has 3 amide bonds. The number of ether oxygens (including phenoxy) is 1. The van der Waals surface area contributed by atoms with Gasteiger partial charge in [-0.1, -0.05) is 88.2 Å². The predicted octanol–water partition coefficient (Wildman–Crippen LogP) is 6.37. The molecule has 42 heavy (non-hydrogen) atoms. The first-order valence-corrected chi connectivity index (χ1v) is 14.8. The number of anilines is 1. The number of amides is 3. The Hall–Kier alpha value is -4.23. The van der Waals surface area contributed by atoms with Gasteiger partial charge in [0.05, 0.1) is 31.5 Å². The summed E-state index contributed by atoms with van der Waals surface area (Å²) in [5.41, 5.74) is 4.10. The molecule has 7 heteroatoms. The number of nitrogens with zero attached hydrogens (tertiary/aromatic N) is 2. The molecule has 2 atom stereocenters. The predicted molar refractivity (Wildman–Crippen MR) is 165 cm³/mol. The number of hydrogen-bond acceptors (Lipinski definition) is 4. The summed E-state index contributed by atoms with van der Waals surface area (Å²) in [4.78, 5) is 45.8. The molecule has 6 rings (SSSR count). The topological polar surface area (TPSA) is 66.9 Å². The van der Waals surface area contributed by atoms with Gasteiger partial charge >= 0.3 is 0 Å². The first-order chi connectivity index (χ1) is 20.3. The van der Waals surface area contributed by atoms with Gasteiger partial charge in [0.15, 0.2) is 0 Å². The number of likely N-dealkylation sites (tertiary alicyclic amines) is 1. The van der Waals surface area contributed by atoms with Crippen LogP contribution in [-0.4, -0.2) is 29.7 Å². The van der Waals surface area contributed by atoms with Crippen LogP contribution in [0.25, 0.3) is 0 Å². The molecule has 0 aliphatic carbocycles. The maximum atomic E-state index is 14.9. The van der Waals surface area contributed by atoms with Crippen LogP contribution >= 0.6 is 15.9 Å². The van der Waals surface area contributed by atoms with Crippen molar-refractivity contribution in [2.45, 2.75) is 38.3 Å². The van der Waals surface area contributed by atoms with Crippen LogP contribution < -0.4 is 9.64 Å². The number of fused-ring (bicyclic) bond motifs is 1. The third-order valence-electron chi connectivity index (χ3n) is 8.47. The fourth-order valence-corrected chi connectivity index (χ4v) is 6.60. The molecule has 1 saturated heterocycles. The number of methoxy groups -OCH3 is 1. The maximum absolute atomic E-state index is 14.9. The number of benzene rings is 4. The van der Waals surface area contributed by atoms with E-state index in [1.54, 1.807) is 12.0 Å². The quantitative estimate of drug-likeness (QED) is 0.214. The third-order valence-corrected chi connectivity index (χ3v) is 9.00. The Morgan fingerprint density at radius 1 is 0.810 bits per heavy atom. The molecule has 1 fully saturated rings. The van der Waals surface area contributed by atoms with E-state index in [9.17, 15) is 14.4 Å². The monoisotopic (exact) mass is 622 g/mol. The Morgan fingerprint density at radius 2 is 1.45 bits per heavy atom. The standard InChI is InChI=1S/C35H31BrN2O4/c1-23-8-17-31-29(18-23)35(20-24-9-13-27(36)14-10-24,34(41)37(31)21-25-6-4-3-5-7-25)30-19-32(39)38(33(30)40)22-26-11-15-28(42-2)16-12-26/h3-18,30H,19-22H2,1-2H3/t30-,35+/m0/s1. The molecule has 0 bridgehead atoms. The van der Waals surface area contributed by atoms with Crippen LogP contribution in [0.15, 0.2) is 102 Å². The minimum atomic E-state index is -1.23. The molecule has 212 valence electrons. The third kappa shape index (κ3) is 4.92. The van der Waals surface area contributed by atoms with Gasteiger partial charge in [-0.3, -0.25) is 19.3 Å². The summed E-state index contributed by atoms with van der Waals surface area (Å²) in [7, 11) is 1.59. The average Bonchev–Trinajstić information content (AvgIpc) is 3.40. The Labute approximate surface area is 254 Å². The van der Waals surface area contributed by atoms with Gasteiger partial charge in [0, 0.05) is 16.6 Å². The minimum absolute atomic E-state index is 0.0240. The summed E-state index contributed by atoms with van der Waals surface area (Å²) in [6, 6.07) is 31.0. The van der Waals surface area contributed by atoms with E-state index < -0.39 is 11.3 Å². The van der Waals surface area contributed by atoms with Crippen molar-refractivity contribution < 1.29 is 19.1 Å². The fraction of sp³-hybridized carbons (Fsp3) is 0.229. The molecule has 0 spiro atoms. The largest absolute Gasteiger partial charge is 0.497 e. The van der Waals surface area contributed by atoms with Crippen molar-refractivity contribution in [3.63, 3.8) is 0 Å². The van der Waals surface area contributed by atoms with Gasteiger partial charge in [0.1, 0.15) is 5.75 Å². The molecule has 2 heterocycles. The minimum Gasteiger partial charge on any atom is -0.497 e. The van der Waals surface area contributed by atoms with Gasteiger partial charge in [-0.05, 0) is 65.9 Å². The number of rotatable bonds is 8. The second kappa shape index (κ2) is 11.2. The molecule has 2 aliphatic rings. The summed E-state index contributed by atoms with van der Waals surface area (Å²) >= 11 is 3.51. The van der Waals surface area contributed by atoms with E-state index in [1.807, 2.05) is 104 Å². The molecule has 0 aromatic heterocycles. The molecular weight excluding hydrogens is 592 g/mol. The lowest BCUT2D eigenvalue weighted by Crippen LogP contribution is -2.49. The number of hydrogen-bond donors (Lipinski definition) is 0. The average molecular weight is 624 g/mol. The van der Waals surface area contributed by atoms with Crippen molar-refractivity contribution in [3.05, 3.63) is 129 Å². The van der Waals surface area contributed by atoms with E-state index >= 15 is 0 Å². The van der Waals surface area contributed by atoms with Gasteiger partial charge in [0.25, 0.3) is 0 Å². The number of carbonyl (C=O) groups excluding carboxylic acids is 3. The number of halogens is 1. The first-order valence-electron chi connectivity index (χ1n) is 14.0. The first kappa shape index (κ1) is 27.9. The Morgan fingerprint density at radius 3 is 2.14 bits per heavy atom. The molecule has 2 aliphatic heterocycles. The molecule has 0 unspecified atom stereocenters. The van der Waals surface area contributed by atoms with E-state index in [-0.39, 0.29) is 30.7 Å². The van der Waals surface area contributed by atoms with Gasteiger partial charge in [-0.2, -0.15) is 0 Å². The Balaban J connectivity index is 1.45. The van der Waals surface area contributed by atoms with E-state index in [0.717, 1.165) is 38.0 Å². The van der Waals surface area contributed by atoms with Crippen LogP contribution in [0.5, 0.6) is 5.75 Å². The number of imide groups is 1. The SMILES string of the molecule is COc1ccc(CN2C(=O)C[C@H]([C@]3(Cc4ccc(Br)cc4)C(=O)N(Cc4ccccc4)c4ccc(C)cc43)C2=O)cc1. The van der Waals surface area contributed by atoms with Crippen molar-refractivity contribution in [2.75, 3.05) is 12.0 Å². The zero-order valence-electron chi connectivity index (χ0n) is 23.5. The van der Waals surface area contributed by atoms with Crippen molar-refractivity contribution in [1.29, 1.82) is 0 Å². The lowest BCUT2D eigenvalue weighted by molar-refractivity contribution is -0.142. The van der Waals surface area contributed by atoms with Crippen LogP contribution in [0.1, 0.15) is 34.2 Å². The molecule has 0 saturated carbocycles. The smallest absolute Gasteiger partial charge is 0.239 e. The van der Waals surface area contributed by atoms with E-state index in [1.165, 1.54) is 4.90 Å². The van der Waals surface area contributed by atoms with Crippen LogP contribution in [0.4, 0.5) is 5.69 Å². The molecule has 6 nitrogen and oxygen atoms in total. The molecule has 0 N–H and O–H groups in total. The number of aryl methyl sites for hydroxylation is 1. The van der Waals surface area contributed by atoms with Crippen molar-refractivity contribution in [3.8, 4) is 5.75 Å². The summed E-state index contributed by atoms with van der Waals surface area (Å²) in [6.07, 6.45) is 0.282. The summed E-state index contributed by atoms with van der Waals surface area (Å²) in [5.74, 6) is -0.853. The highest BCUT2D eigenvalue weighted by Gasteiger charge is 2.61. The van der Waals surface area contributed by atoms with Crippen molar-refractivity contribution in [1.82, 2.24) is 4.90 Å². The zero-order chi connectivity index (χ0) is 29.4. The Bertz CT molecular complexity index is 1650. The van der Waals surface area contributed by atoms with Gasteiger partial charge in [0.2, 0.25) is 17.7 Å². The van der Waals surface area contributed by atoms with Crippen molar-refractivity contribution in [2.24, 2.45) is 5.92 Å². The molecule has 4 aromatic carbocycles. The van der Waals surface area contributed by atoms with Gasteiger partial charge < -0.3 is 9.64 Å². The highest BCUT2D eigenvalue weighted by molar-refractivity contribution is 9.10. The second-order valence-electron chi connectivity index (χ2n) is 11.1. The maximum Gasteiger partial charge on any atom is 0.239 e. The normalized spacial score (nSPS) is 19.9. The van der Waals surface area contributed by atoms with Gasteiger partial charge in [-0.15, -0.1) is 0 Å². The van der Waals surface area contributed by atoms with E-state index in [4.69, 9.17) is 4.74 Å². The molecule has 0 radical (unpaired) electrons. The lowest BCUT2D eigenvalue weighted by atomic mass is 9.66. The lowest BCUT2D eigenvalue weighted by Gasteiger charge is -2.34.